The van der Waals surface area contributed by atoms with Gasteiger partial charge in [-0.2, -0.15) is 0 Å². The Kier molecular flexibility index (Phi) is 9.42. The molecule has 0 aliphatic carbocycles. The lowest BCUT2D eigenvalue weighted by atomic mass is 10.1. The summed E-state index contributed by atoms with van der Waals surface area (Å²) in [6, 6.07) is 6.03. The summed E-state index contributed by atoms with van der Waals surface area (Å²) in [6.07, 6.45) is 0. The van der Waals surface area contributed by atoms with Gasteiger partial charge in [0.25, 0.3) is 0 Å². The van der Waals surface area contributed by atoms with Crippen molar-refractivity contribution in [2.75, 3.05) is 51.5 Å². The van der Waals surface area contributed by atoms with E-state index in [0.29, 0.717) is 13.2 Å². The van der Waals surface area contributed by atoms with Crippen LogP contribution in [0.4, 0.5) is 5.69 Å². The molecule has 0 radical (unpaired) electrons. The molecule has 1 rings (SSSR count). The maximum atomic E-state index is 6.12. The summed E-state index contributed by atoms with van der Waals surface area (Å²) in [6.45, 7) is 9.41. The van der Waals surface area contributed by atoms with Crippen molar-refractivity contribution in [3.8, 4) is 0 Å². The Hall–Kier alpha value is -0.810. The Bertz CT molecular complexity index is 392. The van der Waals surface area contributed by atoms with Gasteiger partial charge in [-0.05, 0) is 44.7 Å². The van der Waals surface area contributed by atoms with Gasteiger partial charge in [-0.3, -0.25) is 0 Å². The summed E-state index contributed by atoms with van der Waals surface area (Å²) < 4.78 is 11.0. The maximum absolute atomic E-state index is 6.12. The van der Waals surface area contributed by atoms with Crippen LogP contribution in [0.2, 0.25) is 5.02 Å². The Morgan fingerprint density at radius 3 is 2.24 bits per heavy atom. The molecular formula is C16H27ClN2O2. The third kappa shape index (κ3) is 6.66. The highest BCUT2D eigenvalue weighted by Gasteiger charge is 2.11. The average Bonchev–Trinajstić information content (AvgIpc) is 2.47. The van der Waals surface area contributed by atoms with E-state index >= 15 is 0 Å². The standard InChI is InChI=1S/C16H27ClN2O2/c1-4-20-10-8-19(9-11-21-5-2)16-7-6-15(17)12-14(16)13-18-3/h6-7,12,18H,4-5,8-11,13H2,1-3H3. The highest BCUT2D eigenvalue weighted by Crippen LogP contribution is 2.24. The maximum Gasteiger partial charge on any atom is 0.0641 e. The molecule has 0 heterocycles. The van der Waals surface area contributed by atoms with Crippen LogP contribution in [0.5, 0.6) is 0 Å². The first-order chi connectivity index (χ1) is 10.2. The van der Waals surface area contributed by atoms with Crippen LogP contribution in [-0.4, -0.2) is 46.6 Å². The van der Waals surface area contributed by atoms with Gasteiger partial charge in [-0.1, -0.05) is 11.6 Å². The number of hydrogen-bond acceptors (Lipinski definition) is 4. The lowest BCUT2D eigenvalue weighted by Gasteiger charge is -2.27. The summed E-state index contributed by atoms with van der Waals surface area (Å²) in [7, 11) is 1.94. The fourth-order valence-electron chi connectivity index (χ4n) is 2.19. The van der Waals surface area contributed by atoms with E-state index in [2.05, 4.69) is 16.3 Å². The molecule has 0 spiro atoms. The first kappa shape index (κ1) is 18.2. The number of rotatable bonds is 11. The van der Waals surface area contributed by atoms with Crippen molar-refractivity contribution in [2.24, 2.45) is 0 Å². The molecule has 1 N–H and O–H groups in total. The zero-order valence-electron chi connectivity index (χ0n) is 13.3. The molecule has 1 aromatic carbocycles. The second-order valence-electron chi connectivity index (χ2n) is 4.68. The lowest BCUT2D eigenvalue weighted by molar-refractivity contribution is 0.141. The van der Waals surface area contributed by atoms with E-state index < -0.39 is 0 Å². The first-order valence-electron chi connectivity index (χ1n) is 7.56. The largest absolute Gasteiger partial charge is 0.380 e. The van der Waals surface area contributed by atoms with Gasteiger partial charge in [0, 0.05) is 43.6 Å². The van der Waals surface area contributed by atoms with Crippen LogP contribution >= 0.6 is 11.6 Å². The van der Waals surface area contributed by atoms with Crippen molar-refractivity contribution in [3.63, 3.8) is 0 Å². The zero-order chi connectivity index (χ0) is 15.5. The monoisotopic (exact) mass is 314 g/mol. The molecule has 1 aromatic rings. The highest BCUT2D eigenvalue weighted by atomic mass is 35.5. The molecule has 120 valence electrons. The van der Waals surface area contributed by atoms with Crippen LogP contribution in [0.1, 0.15) is 19.4 Å². The number of halogens is 1. The minimum atomic E-state index is 0.713. The minimum Gasteiger partial charge on any atom is -0.380 e. The molecule has 0 unspecified atom stereocenters. The van der Waals surface area contributed by atoms with Crippen molar-refractivity contribution in [1.82, 2.24) is 5.32 Å². The Balaban J connectivity index is 2.83. The molecule has 0 fully saturated rings. The Labute approximate surface area is 133 Å². The second-order valence-corrected chi connectivity index (χ2v) is 5.12. The van der Waals surface area contributed by atoms with Gasteiger partial charge in [-0.15, -0.1) is 0 Å². The van der Waals surface area contributed by atoms with Crippen molar-refractivity contribution in [3.05, 3.63) is 28.8 Å². The molecular weight excluding hydrogens is 288 g/mol. The lowest BCUT2D eigenvalue weighted by Crippen LogP contribution is -2.32. The zero-order valence-corrected chi connectivity index (χ0v) is 14.1. The fraction of sp³-hybridized carbons (Fsp3) is 0.625. The first-order valence-corrected chi connectivity index (χ1v) is 7.94. The normalized spacial score (nSPS) is 10.9. The second kappa shape index (κ2) is 10.9. The number of ether oxygens (including phenoxy) is 2. The number of nitrogens with one attached hydrogen (secondary N) is 1. The van der Waals surface area contributed by atoms with E-state index in [-0.39, 0.29) is 0 Å². The van der Waals surface area contributed by atoms with Crippen LogP contribution in [0.15, 0.2) is 18.2 Å². The molecule has 0 aliphatic heterocycles. The molecule has 4 nitrogen and oxygen atoms in total. The van der Waals surface area contributed by atoms with Gasteiger partial charge in [0.15, 0.2) is 0 Å². The van der Waals surface area contributed by atoms with E-state index in [9.17, 15) is 0 Å². The van der Waals surface area contributed by atoms with Crippen molar-refractivity contribution in [2.45, 2.75) is 20.4 Å². The van der Waals surface area contributed by atoms with Crippen molar-refractivity contribution in [1.29, 1.82) is 0 Å². The molecule has 0 bridgehead atoms. The van der Waals surface area contributed by atoms with Crippen LogP contribution in [0, 0.1) is 0 Å². The van der Waals surface area contributed by atoms with E-state index in [1.54, 1.807) is 0 Å². The van der Waals surface area contributed by atoms with E-state index in [4.69, 9.17) is 21.1 Å². The molecule has 0 saturated carbocycles. The van der Waals surface area contributed by atoms with E-state index in [1.807, 2.05) is 33.0 Å². The summed E-state index contributed by atoms with van der Waals surface area (Å²) >= 11 is 6.12. The van der Waals surface area contributed by atoms with Crippen molar-refractivity contribution < 1.29 is 9.47 Å². The van der Waals surface area contributed by atoms with Gasteiger partial charge in [0.1, 0.15) is 0 Å². The van der Waals surface area contributed by atoms with Gasteiger partial charge < -0.3 is 19.7 Å². The van der Waals surface area contributed by atoms with E-state index in [1.165, 1.54) is 11.3 Å². The summed E-state index contributed by atoms with van der Waals surface area (Å²) in [5, 5.41) is 3.96. The third-order valence-corrected chi connectivity index (χ3v) is 3.40. The molecule has 0 amide bonds. The predicted molar refractivity (Wildman–Crippen MR) is 89.4 cm³/mol. The minimum absolute atomic E-state index is 0.713. The molecule has 0 saturated heterocycles. The number of nitrogens with zero attached hydrogens (tertiary/aromatic N) is 1. The average molecular weight is 315 g/mol. The number of benzene rings is 1. The fourth-order valence-corrected chi connectivity index (χ4v) is 2.38. The van der Waals surface area contributed by atoms with Crippen LogP contribution in [0.3, 0.4) is 0 Å². The van der Waals surface area contributed by atoms with Crippen LogP contribution < -0.4 is 10.2 Å². The third-order valence-electron chi connectivity index (χ3n) is 3.17. The summed E-state index contributed by atoms with van der Waals surface area (Å²) in [5.41, 5.74) is 2.38. The predicted octanol–water partition coefficient (Wildman–Crippen LogP) is 2.94. The summed E-state index contributed by atoms with van der Waals surface area (Å²) in [5.74, 6) is 0. The topological polar surface area (TPSA) is 33.7 Å². The molecule has 0 aliphatic rings. The highest BCUT2D eigenvalue weighted by molar-refractivity contribution is 6.30. The molecule has 21 heavy (non-hydrogen) atoms. The van der Waals surface area contributed by atoms with Gasteiger partial charge in [-0.25, -0.2) is 0 Å². The Morgan fingerprint density at radius 1 is 1.10 bits per heavy atom. The smallest absolute Gasteiger partial charge is 0.0641 e. The van der Waals surface area contributed by atoms with Gasteiger partial charge >= 0.3 is 0 Å². The molecule has 0 atom stereocenters. The van der Waals surface area contributed by atoms with E-state index in [0.717, 1.165) is 37.9 Å². The number of anilines is 1. The molecule has 0 aromatic heterocycles. The van der Waals surface area contributed by atoms with Crippen molar-refractivity contribution >= 4 is 17.3 Å². The SMILES string of the molecule is CCOCCN(CCOCC)c1ccc(Cl)cc1CNC. The Morgan fingerprint density at radius 2 is 1.71 bits per heavy atom. The van der Waals surface area contributed by atoms with Gasteiger partial charge in [0.05, 0.1) is 13.2 Å². The quantitative estimate of drug-likeness (QED) is 0.637. The number of hydrogen-bond donors (Lipinski definition) is 1. The van der Waals surface area contributed by atoms with Gasteiger partial charge in [0.2, 0.25) is 0 Å². The summed E-state index contributed by atoms with van der Waals surface area (Å²) in [4.78, 5) is 2.30. The van der Waals surface area contributed by atoms with Crippen LogP contribution in [0.25, 0.3) is 0 Å². The van der Waals surface area contributed by atoms with Crippen LogP contribution in [-0.2, 0) is 16.0 Å². The molecule has 5 heteroatoms.